The molecule has 0 aliphatic rings. The van der Waals surface area contributed by atoms with Crippen molar-refractivity contribution >= 4 is 18.0 Å². The van der Waals surface area contributed by atoms with Gasteiger partial charge in [0.1, 0.15) is 6.04 Å². The van der Waals surface area contributed by atoms with Gasteiger partial charge in [-0.25, -0.2) is 9.59 Å². The molecule has 0 aromatic heterocycles. The largest absolute Gasteiger partial charge is 0.481 e. The number of carboxylic acid groups (broad SMARTS) is 2. The third kappa shape index (κ3) is 7.98. The summed E-state index contributed by atoms with van der Waals surface area (Å²) < 4.78 is 5.25. The topological polar surface area (TPSA) is 116 Å². The van der Waals surface area contributed by atoms with Crippen molar-refractivity contribution in [2.24, 2.45) is 0 Å². The van der Waals surface area contributed by atoms with Gasteiger partial charge in [-0.2, -0.15) is 0 Å². The van der Waals surface area contributed by atoms with E-state index in [0.717, 1.165) is 0 Å². The van der Waals surface area contributed by atoms with E-state index in [1.54, 1.807) is 0 Å². The number of hydrogen-bond donors (Lipinski definition) is 3. The van der Waals surface area contributed by atoms with Crippen LogP contribution >= 0.6 is 0 Å². The number of likely N-dealkylation sites (N-methyl/N-ethyl adjacent to an activating group) is 1. The molecule has 110 valence electrons. The minimum Gasteiger partial charge on any atom is -0.481 e. The molecule has 0 heterocycles. The second kappa shape index (κ2) is 8.30. The van der Waals surface area contributed by atoms with E-state index in [2.05, 4.69) is 5.32 Å². The number of carboxylic acids is 2. The summed E-state index contributed by atoms with van der Waals surface area (Å²) in [4.78, 5) is 34.1. The molecule has 0 saturated carbocycles. The van der Waals surface area contributed by atoms with Crippen LogP contribution in [0.2, 0.25) is 0 Å². The predicted molar refractivity (Wildman–Crippen MR) is 65.9 cm³/mol. The van der Waals surface area contributed by atoms with Crippen LogP contribution < -0.4 is 5.32 Å². The number of amides is 2. The Balaban J connectivity index is 4.23. The summed E-state index contributed by atoms with van der Waals surface area (Å²) in [6.07, 6.45) is -0.632. The maximum Gasteiger partial charge on any atom is 0.326 e. The van der Waals surface area contributed by atoms with Crippen LogP contribution in [-0.4, -0.2) is 65.4 Å². The molecule has 0 fully saturated rings. The number of aliphatic carboxylic acids is 2. The molecule has 0 spiro atoms. The van der Waals surface area contributed by atoms with Crippen molar-refractivity contribution in [1.82, 2.24) is 10.2 Å². The minimum atomic E-state index is -1.45. The van der Waals surface area contributed by atoms with Crippen molar-refractivity contribution in [2.45, 2.75) is 32.4 Å². The summed E-state index contributed by atoms with van der Waals surface area (Å²) in [7, 11) is 1.47. The quantitative estimate of drug-likeness (QED) is 0.573. The molecule has 0 aliphatic heterocycles. The van der Waals surface area contributed by atoms with E-state index in [9.17, 15) is 14.4 Å². The van der Waals surface area contributed by atoms with E-state index >= 15 is 0 Å². The molecular weight excluding hydrogens is 256 g/mol. The number of nitrogens with one attached hydrogen (secondary N) is 1. The Hall–Kier alpha value is -1.83. The summed E-state index contributed by atoms with van der Waals surface area (Å²) >= 11 is 0. The molecule has 0 radical (unpaired) electrons. The molecule has 0 bridgehead atoms. The number of carbonyl (C=O) groups is 3. The number of hydrogen-bond acceptors (Lipinski definition) is 4. The lowest BCUT2D eigenvalue weighted by Gasteiger charge is -2.21. The number of rotatable bonds is 8. The molecule has 2 amide bonds. The van der Waals surface area contributed by atoms with E-state index in [-0.39, 0.29) is 12.6 Å². The van der Waals surface area contributed by atoms with Crippen LogP contribution in [-0.2, 0) is 14.3 Å². The first-order chi connectivity index (χ1) is 8.73. The van der Waals surface area contributed by atoms with E-state index in [0.29, 0.717) is 6.61 Å². The molecule has 0 aromatic rings. The summed E-state index contributed by atoms with van der Waals surface area (Å²) in [6, 6.07) is -2.10. The highest BCUT2D eigenvalue weighted by Crippen LogP contribution is 1.96. The maximum atomic E-state index is 11.6. The molecule has 0 rings (SSSR count). The fourth-order valence-electron chi connectivity index (χ4n) is 1.16. The van der Waals surface area contributed by atoms with Gasteiger partial charge >= 0.3 is 18.0 Å². The molecule has 8 nitrogen and oxygen atoms in total. The van der Waals surface area contributed by atoms with Gasteiger partial charge in [-0.15, -0.1) is 0 Å². The Morgan fingerprint density at radius 3 is 2.26 bits per heavy atom. The Labute approximate surface area is 111 Å². The van der Waals surface area contributed by atoms with Crippen molar-refractivity contribution in [3.8, 4) is 0 Å². The lowest BCUT2D eigenvalue weighted by atomic mass is 10.2. The molecule has 0 unspecified atom stereocenters. The average molecular weight is 276 g/mol. The van der Waals surface area contributed by atoms with E-state index in [1.807, 2.05) is 13.8 Å². The average Bonchev–Trinajstić information content (AvgIpc) is 2.26. The molecule has 19 heavy (non-hydrogen) atoms. The van der Waals surface area contributed by atoms with Crippen LogP contribution in [0.1, 0.15) is 20.3 Å². The van der Waals surface area contributed by atoms with Gasteiger partial charge in [0, 0.05) is 13.6 Å². The van der Waals surface area contributed by atoms with Gasteiger partial charge in [-0.3, -0.25) is 4.79 Å². The van der Waals surface area contributed by atoms with Gasteiger partial charge in [0.25, 0.3) is 0 Å². The zero-order valence-corrected chi connectivity index (χ0v) is 11.3. The minimum absolute atomic E-state index is 0.0373. The van der Waals surface area contributed by atoms with Crippen molar-refractivity contribution < 1.29 is 29.3 Å². The summed E-state index contributed by atoms with van der Waals surface area (Å²) in [6.45, 7) is 4.31. The van der Waals surface area contributed by atoms with Gasteiger partial charge in [0.2, 0.25) is 0 Å². The monoisotopic (exact) mass is 276 g/mol. The fourth-order valence-corrected chi connectivity index (χ4v) is 1.16. The Morgan fingerprint density at radius 1 is 1.26 bits per heavy atom. The molecule has 3 N–H and O–H groups in total. The van der Waals surface area contributed by atoms with Gasteiger partial charge in [0.15, 0.2) is 0 Å². The SMILES string of the molecule is CC(C)OCCN(C)C(=O)N[C@H](CC(=O)O)C(=O)O. The number of urea groups is 1. The number of ether oxygens (including phenoxy) is 1. The zero-order chi connectivity index (χ0) is 15.0. The Bertz CT molecular complexity index is 331. The van der Waals surface area contributed by atoms with Crippen molar-refractivity contribution in [2.75, 3.05) is 20.2 Å². The van der Waals surface area contributed by atoms with Crippen LogP contribution in [0.4, 0.5) is 4.79 Å². The van der Waals surface area contributed by atoms with Gasteiger partial charge < -0.3 is 25.2 Å². The second-order valence-corrected chi connectivity index (χ2v) is 4.28. The smallest absolute Gasteiger partial charge is 0.326 e. The molecule has 0 aromatic carbocycles. The molecule has 8 heteroatoms. The first-order valence-corrected chi connectivity index (χ1v) is 5.81. The first kappa shape index (κ1) is 17.2. The highest BCUT2D eigenvalue weighted by atomic mass is 16.5. The van der Waals surface area contributed by atoms with Crippen LogP contribution in [0.3, 0.4) is 0 Å². The van der Waals surface area contributed by atoms with E-state index < -0.39 is 30.4 Å². The summed E-state index contributed by atoms with van der Waals surface area (Å²) in [5.74, 6) is -2.68. The van der Waals surface area contributed by atoms with Crippen LogP contribution in [0.5, 0.6) is 0 Å². The predicted octanol–water partition coefficient (Wildman–Crippen LogP) is -0.0193. The van der Waals surface area contributed by atoms with Crippen molar-refractivity contribution in [1.29, 1.82) is 0 Å². The Morgan fingerprint density at radius 2 is 1.84 bits per heavy atom. The first-order valence-electron chi connectivity index (χ1n) is 5.81. The van der Waals surface area contributed by atoms with E-state index in [1.165, 1.54) is 11.9 Å². The summed E-state index contributed by atoms with van der Waals surface area (Å²) in [5.41, 5.74) is 0. The lowest BCUT2D eigenvalue weighted by Crippen LogP contribution is -2.48. The van der Waals surface area contributed by atoms with Crippen molar-refractivity contribution in [3.63, 3.8) is 0 Å². The molecule has 1 atom stereocenters. The number of carbonyl (C=O) groups excluding carboxylic acids is 1. The summed E-state index contributed by atoms with van der Waals surface area (Å²) in [5, 5.41) is 19.5. The standard InChI is InChI=1S/C11H20N2O6/c1-7(2)19-5-4-13(3)11(18)12-8(10(16)17)6-9(14)15/h7-8H,4-6H2,1-3H3,(H,12,18)(H,14,15)(H,16,17)/t8-/m1/s1. The normalized spacial score (nSPS) is 12.0. The molecule has 0 saturated heterocycles. The lowest BCUT2D eigenvalue weighted by molar-refractivity contribution is -0.145. The number of nitrogens with zero attached hydrogens (tertiary/aromatic N) is 1. The highest BCUT2D eigenvalue weighted by Gasteiger charge is 2.24. The van der Waals surface area contributed by atoms with Gasteiger partial charge in [-0.05, 0) is 13.8 Å². The van der Waals surface area contributed by atoms with Crippen LogP contribution in [0.15, 0.2) is 0 Å². The maximum absolute atomic E-state index is 11.6. The zero-order valence-electron chi connectivity index (χ0n) is 11.3. The Kier molecular flexibility index (Phi) is 7.50. The van der Waals surface area contributed by atoms with E-state index in [4.69, 9.17) is 14.9 Å². The van der Waals surface area contributed by atoms with Gasteiger partial charge in [-0.1, -0.05) is 0 Å². The third-order valence-electron chi connectivity index (χ3n) is 2.20. The van der Waals surface area contributed by atoms with Gasteiger partial charge in [0.05, 0.1) is 19.1 Å². The van der Waals surface area contributed by atoms with Crippen LogP contribution in [0, 0.1) is 0 Å². The van der Waals surface area contributed by atoms with Crippen molar-refractivity contribution in [3.05, 3.63) is 0 Å². The molecule has 0 aliphatic carbocycles. The highest BCUT2D eigenvalue weighted by molar-refractivity contribution is 5.86. The fraction of sp³-hybridized carbons (Fsp3) is 0.727. The second-order valence-electron chi connectivity index (χ2n) is 4.28. The third-order valence-corrected chi connectivity index (χ3v) is 2.20. The molecular formula is C11H20N2O6. The van der Waals surface area contributed by atoms with Crippen LogP contribution in [0.25, 0.3) is 0 Å².